The number of sulfonamides is 1. The lowest BCUT2D eigenvalue weighted by atomic mass is 10.1. The fraction of sp³-hybridized carbons (Fsp3) is 0.267. The predicted octanol–water partition coefficient (Wildman–Crippen LogP) is 0.964. The van der Waals surface area contributed by atoms with E-state index in [4.69, 9.17) is 5.14 Å². The summed E-state index contributed by atoms with van der Waals surface area (Å²) in [5, 5.41) is 8.13. The Morgan fingerprint density at radius 1 is 1.25 bits per heavy atom. The van der Waals surface area contributed by atoms with Crippen LogP contribution in [0.3, 0.4) is 0 Å². The molecule has 24 heavy (non-hydrogen) atoms. The number of hydrogen-bond acceptors (Lipinski definition) is 6. The molecule has 0 aliphatic carbocycles. The van der Waals surface area contributed by atoms with E-state index in [1.807, 2.05) is 0 Å². The molecule has 0 aliphatic heterocycles. The van der Waals surface area contributed by atoms with Gasteiger partial charge in [0.2, 0.25) is 15.9 Å². The monoisotopic (exact) mass is 366 g/mol. The van der Waals surface area contributed by atoms with Crippen LogP contribution in [0.5, 0.6) is 0 Å². The summed E-state index contributed by atoms with van der Waals surface area (Å²) < 4.78 is 22.4. The number of benzene rings is 1. The number of hydrogen-bond donors (Lipinski definition) is 2. The number of nitrogens with two attached hydrogens (primary N) is 1. The third-order valence-electron chi connectivity index (χ3n) is 3.16. The van der Waals surface area contributed by atoms with Crippen LogP contribution >= 0.6 is 11.8 Å². The molecule has 0 spiro atoms. The smallest absolute Gasteiger partial charge is 0.238 e. The van der Waals surface area contributed by atoms with E-state index in [9.17, 15) is 13.2 Å². The van der Waals surface area contributed by atoms with Crippen LogP contribution in [0.1, 0.15) is 12.5 Å². The number of carbonyl (C=O) groups is 1. The highest BCUT2D eigenvalue weighted by Gasteiger charge is 2.15. The van der Waals surface area contributed by atoms with Crippen molar-refractivity contribution < 1.29 is 13.2 Å². The van der Waals surface area contributed by atoms with Gasteiger partial charge in [-0.2, -0.15) is 0 Å². The summed E-state index contributed by atoms with van der Waals surface area (Å²) in [6.07, 6.45) is 3.85. The van der Waals surface area contributed by atoms with E-state index in [2.05, 4.69) is 15.3 Å². The van der Waals surface area contributed by atoms with E-state index in [1.165, 1.54) is 23.9 Å². The number of thioether (sulfide) groups is 1. The van der Waals surface area contributed by atoms with Gasteiger partial charge in [-0.05, 0) is 37.1 Å². The summed E-state index contributed by atoms with van der Waals surface area (Å²) in [7, 11) is -3.68. The number of amides is 1. The Balaban J connectivity index is 1.80. The number of primary sulfonamides is 1. The van der Waals surface area contributed by atoms with Crippen molar-refractivity contribution >= 4 is 27.7 Å². The molecular weight excluding hydrogens is 348 g/mol. The van der Waals surface area contributed by atoms with Crippen LogP contribution in [0, 0.1) is 0 Å². The summed E-state index contributed by atoms with van der Waals surface area (Å²) >= 11 is 1.29. The molecule has 0 unspecified atom stereocenters. The van der Waals surface area contributed by atoms with E-state index in [0.717, 1.165) is 5.56 Å². The maximum Gasteiger partial charge on any atom is 0.238 e. The van der Waals surface area contributed by atoms with Gasteiger partial charge in [0.05, 0.1) is 10.1 Å². The normalized spacial score (nSPS) is 12.6. The summed E-state index contributed by atoms with van der Waals surface area (Å²) in [4.78, 5) is 20.3. The molecule has 0 saturated carbocycles. The van der Waals surface area contributed by atoms with Crippen molar-refractivity contribution in [3.8, 4) is 0 Å². The van der Waals surface area contributed by atoms with Crippen molar-refractivity contribution in [2.45, 2.75) is 28.6 Å². The van der Waals surface area contributed by atoms with Crippen molar-refractivity contribution in [2.75, 3.05) is 6.54 Å². The lowest BCUT2D eigenvalue weighted by molar-refractivity contribution is -0.120. The van der Waals surface area contributed by atoms with Gasteiger partial charge in [-0.1, -0.05) is 23.9 Å². The van der Waals surface area contributed by atoms with Crippen LogP contribution in [-0.4, -0.2) is 36.1 Å². The molecule has 1 aromatic heterocycles. The second-order valence-corrected chi connectivity index (χ2v) is 7.89. The van der Waals surface area contributed by atoms with Gasteiger partial charge in [0.15, 0.2) is 5.16 Å². The second kappa shape index (κ2) is 8.22. The molecule has 1 amide bonds. The van der Waals surface area contributed by atoms with Crippen LogP contribution in [0.25, 0.3) is 0 Å². The van der Waals surface area contributed by atoms with E-state index < -0.39 is 10.0 Å². The Labute approximate surface area is 145 Å². The number of aromatic nitrogens is 2. The maximum atomic E-state index is 12.0. The number of rotatable bonds is 7. The van der Waals surface area contributed by atoms with Gasteiger partial charge in [0.1, 0.15) is 0 Å². The Bertz CT molecular complexity index is 780. The third-order valence-corrected chi connectivity index (χ3v) is 5.08. The molecule has 2 rings (SSSR count). The molecule has 1 aromatic carbocycles. The molecule has 0 saturated heterocycles. The predicted molar refractivity (Wildman–Crippen MR) is 91.9 cm³/mol. The van der Waals surface area contributed by atoms with Crippen LogP contribution in [0.2, 0.25) is 0 Å². The van der Waals surface area contributed by atoms with Gasteiger partial charge in [0, 0.05) is 18.9 Å². The van der Waals surface area contributed by atoms with E-state index in [-0.39, 0.29) is 16.1 Å². The zero-order valence-corrected chi connectivity index (χ0v) is 14.7. The maximum absolute atomic E-state index is 12.0. The molecule has 0 bridgehead atoms. The summed E-state index contributed by atoms with van der Waals surface area (Å²) in [5.74, 6) is -0.103. The highest BCUT2D eigenvalue weighted by Crippen LogP contribution is 2.18. The fourth-order valence-electron chi connectivity index (χ4n) is 1.88. The first-order valence-electron chi connectivity index (χ1n) is 7.19. The van der Waals surface area contributed by atoms with Crippen molar-refractivity contribution in [3.63, 3.8) is 0 Å². The largest absolute Gasteiger partial charge is 0.355 e. The zero-order valence-electron chi connectivity index (χ0n) is 13.0. The lowest BCUT2D eigenvalue weighted by Gasteiger charge is -2.11. The van der Waals surface area contributed by atoms with Gasteiger partial charge in [-0.3, -0.25) is 4.79 Å². The van der Waals surface area contributed by atoms with Crippen molar-refractivity contribution in [2.24, 2.45) is 5.14 Å². The standard InChI is InChI=1S/C15H18N4O3S2/c1-11(23-15-18-8-2-9-19-15)14(20)17-10-7-12-3-5-13(6-4-12)24(16,21)22/h2-6,8-9,11H,7,10H2,1H3,(H,17,20)(H2,16,21,22)/t11-/m0/s1. The Kier molecular flexibility index (Phi) is 6.29. The fourth-order valence-corrected chi connectivity index (χ4v) is 3.14. The first kappa shape index (κ1) is 18.4. The number of carbonyl (C=O) groups excluding carboxylic acids is 1. The van der Waals surface area contributed by atoms with Crippen LogP contribution in [0.15, 0.2) is 52.8 Å². The average molecular weight is 366 g/mol. The highest BCUT2D eigenvalue weighted by atomic mass is 32.2. The average Bonchev–Trinajstić information content (AvgIpc) is 2.55. The lowest BCUT2D eigenvalue weighted by Crippen LogP contribution is -2.32. The third kappa shape index (κ3) is 5.59. The molecule has 7 nitrogen and oxygen atoms in total. The molecular formula is C15H18N4O3S2. The number of nitrogens with zero attached hydrogens (tertiary/aromatic N) is 2. The van der Waals surface area contributed by atoms with E-state index in [1.54, 1.807) is 37.5 Å². The quantitative estimate of drug-likeness (QED) is 0.557. The molecule has 128 valence electrons. The molecule has 1 heterocycles. The molecule has 2 aromatic rings. The van der Waals surface area contributed by atoms with Crippen molar-refractivity contribution in [3.05, 3.63) is 48.3 Å². The van der Waals surface area contributed by atoms with Crippen LogP contribution < -0.4 is 10.5 Å². The first-order chi connectivity index (χ1) is 11.4. The van der Waals surface area contributed by atoms with E-state index in [0.29, 0.717) is 18.1 Å². The van der Waals surface area contributed by atoms with E-state index >= 15 is 0 Å². The first-order valence-corrected chi connectivity index (χ1v) is 9.62. The van der Waals surface area contributed by atoms with Crippen molar-refractivity contribution in [1.82, 2.24) is 15.3 Å². The summed E-state index contributed by atoms with van der Waals surface area (Å²) in [6.45, 7) is 2.24. The Hall–Kier alpha value is -1.97. The minimum absolute atomic E-state index is 0.0724. The molecule has 0 aliphatic rings. The Morgan fingerprint density at radius 3 is 2.46 bits per heavy atom. The molecule has 0 radical (unpaired) electrons. The second-order valence-electron chi connectivity index (χ2n) is 5.02. The highest BCUT2D eigenvalue weighted by molar-refractivity contribution is 8.00. The molecule has 1 atom stereocenters. The minimum Gasteiger partial charge on any atom is -0.355 e. The minimum atomic E-state index is -3.68. The van der Waals surface area contributed by atoms with Gasteiger partial charge >= 0.3 is 0 Å². The molecule has 3 N–H and O–H groups in total. The Morgan fingerprint density at radius 2 is 1.88 bits per heavy atom. The summed E-state index contributed by atoms with van der Waals surface area (Å²) in [6, 6.07) is 8.00. The van der Waals surface area contributed by atoms with Gasteiger partial charge in [0.25, 0.3) is 0 Å². The molecule has 0 fully saturated rings. The topological polar surface area (TPSA) is 115 Å². The van der Waals surface area contributed by atoms with Crippen LogP contribution in [0.4, 0.5) is 0 Å². The summed E-state index contributed by atoms with van der Waals surface area (Å²) in [5.41, 5.74) is 0.911. The van der Waals surface area contributed by atoms with Gasteiger partial charge < -0.3 is 5.32 Å². The van der Waals surface area contributed by atoms with Crippen molar-refractivity contribution in [1.29, 1.82) is 0 Å². The zero-order chi connectivity index (χ0) is 17.6. The van der Waals surface area contributed by atoms with Crippen LogP contribution in [-0.2, 0) is 21.2 Å². The van der Waals surface area contributed by atoms with Gasteiger partial charge in [-0.25, -0.2) is 23.5 Å². The number of nitrogens with one attached hydrogen (secondary N) is 1. The SMILES string of the molecule is C[C@H](Sc1ncccn1)C(=O)NCCc1ccc(S(N)(=O)=O)cc1. The van der Waals surface area contributed by atoms with Gasteiger partial charge in [-0.15, -0.1) is 0 Å². The molecule has 9 heteroatoms.